The Morgan fingerprint density at radius 3 is 2.37 bits per heavy atom. The first-order valence-corrected chi connectivity index (χ1v) is 10.5. The molecule has 144 valence electrons. The number of nitrogens with zero attached hydrogens (tertiary/aromatic N) is 1. The molecule has 1 aliphatic rings. The summed E-state index contributed by atoms with van der Waals surface area (Å²) >= 11 is 0. The minimum Gasteiger partial charge on any atom is -0.464 e. The summed E-state index contributed by atoms with van der Waals surface area (Å²) < 4.78 is 33.4. The quantitative estimate of drug-likeness (QED) is 0.755. The molecule has 5 nitrogen and oxygen atoms in total. The number of carbonyl (C=O) groups excluding carboxylic acids is 1. The molecule has 1 heterocycles. The Labute approximate surface area is 161 Å². The molecule has 6 heteroatoms. The third-order valence-electron chi connectivity index (χ3n) is 5.15. The maximum Gasteiger partial charge on any atom is 0.331 e. The Bertz CT molecular complexity index is 966. The molecule has 0 amide bonds. The van der Waals surface area contributed by atoms with E-state index in [1.165, 1.54) is 4.31 Å². The topological polar surface area (TPSA) is 63.7 Å². The Kier molecular flexibility index (Phi) is 5.14. The van der Waals surface area contributed by atoms with Gasteiger partial charge in [-0.25, -0.2) is 13.2 Å². The standard InChI is InChI=1S/C21H25NO4S/c1-5-26-20(23)21(4)19-11-8-16(3)14-17(19)12-13-22(21)27(24,25)18-9-6-15(2)7-10-18/h6-11,14H,5,12-13H2,1-4H3. The van der Waals surface area contributed by atoms with Crippen molar-refractivity contribution < 1.29 is 17.9 Å². The second-order valence-electron chi connectivity index (χ2n) is 7.09. The number of fused-ring (bicyclic) bond motifs is 1. The number of esters is 1. The van der Waals surface area contributed by atoms with E-state index >= 15 is 0 Å². The predicted octanol–water partition coefficient (Wildman–Crippen LogP) is 3.33. The smallest absolute Gasteiger partial charge is 0.331 e. The van der Waals surface area contributed by atoms with E-state index in [1.807, 2.05) is 32.0 Å². The highest BCUT2D eigenvalue weighted by Gasteiger charge is 2.51. The average Bonchev–Trinajstić information content (AvgIpc) is 2.62. The highest BCUT2D eigenvalue weighted by molar-refractivity contribution is 7.89. The fourth-order valence-corrected chi connectivity index (χ4v) is 5.39. The summed E-state index contributed by atoms with van der Waals surface area (Å²) in [6.45, 7) is 7.66. The number of hydrogen-bond donors (Lipinski definition) is 0. The van der Waals surface area contributed by atoms with Crippen LogP contribution in [0.15, 0.2) is 47.4 Å². The molecule has 3 rings (SSSR count). The largest absolute Gasteiger partial charge is 0.464 e. The molecule has 1 atom stereocenters. The van der Waals surface area contributed by atoms with E-state index in [-0.39, 0.29) is 18.0 Å². The number of sulfonamides is 1. The lowest BCUT2D eigenvalue weighted by Crippen LogP contribution is -2.56. The number of carbonyl (C=O) groups is 1. The number of hydrogen-bond acceptors (Lipinski definition) is 4. The van der Waals surface area contributed by atoms with Crippen molar-refractivity contribution in [1.29, 1.82) is 0 Å². The SMILES string of the molecule is CCOC(=O)C1(C)c2ccc(C)cc2CCN1S(=O)(=O)c1ccc(C)cc1. The summed E-state index contributed by atoms with van der Waals surface area (Å²) in [6.07, 6.45) is 0.553. The number of ether oxygens (including phenoxy) is 1. The van der Waals surface area contributed by atoms with Crippen molar-refractivity contribution >= 4 is 16.0 Å². The molecule has 0 N–H and O–H groups in total. The zero-order chi connectivity index (χ0) is 19.8. The number of benzene rings is 2. The van der Waals surface area contributed by atoms with Gasteiger partial charge in [-0.15, -0.1) is 0 Å². The highest BCUT2D eigenvalue weighted by atomic mass is 32.2. The fourth-order valence-electron chi connectivity index (χ4n) is 3.67. The van der Waals surface area contributed by atoms with E-state index < -0.39 is 21.5 Å². The Morgan fingerprint density at radius 2 is 1.74 bits per heavy atom. The first-order valence-electron chi connectivity index (χ1n) is 9.08. The van der Waals surface area contributed by atoms with Gasteiger partial charge in [-0.3, -0.25) is 0 Å². The summed E-state index contributed by atoms with van der Waals surface area (Å²) in [5.74, 6) is -0.550. The van der Waals surface area contributed by atoms with Gasteiger partial charge in [-0.2, -0.15) is 4.31 Å². The van der Waals surface area contributed by atoms with Gasteiger partial charge in [0.25, 0.3) is 0 Å². The van der Waals surface area contributed by atoms with Crippen LogP contribution < -0.4 is 0 Å². The van der Waals surface area contributed by atoms with Gasteiger partial charge < -0.3 is 4.74 Å². The van der Waals surface area contributed by atoms with Gasteiger partial charge in [-0.05, 0) is 57.4 Å². The summed E-state index contributed by atoms with van der Waals surface area (Å²) in [5, 5.41) is 0. The molecule has 2 aromatic carbocycles. The van der Waals surface area contributed by atoms with Crippen molar-refractivity contribution in [2.45, 2.75) is 44.6 Å². The monoisotopic (exact) mass is 387 g/mol. The van der Waals surface area contributed by atoms with Crippen molar-refractivity contribution in [2.75, 3.05) is 13.2 Å². The van der Waals surface area contributed by atoms with E-state index in [4.69, 9.17) is 4.74 Å². The van der Waals surface area contributed by atoms with Crippen LogP contribution in [-0.2, 0) is 31.5 Å². The van der Waals surface area contributed by atoms with Crippen molar-refractivity contribution in [3.63, 3.8) is 0 Å². The lowest BCUT2D eigenvalue weighted by atomic mass is 9.83. The van der Waals surface area contributed by atoms with Gasteiger partial charge >= 0.3 is 5.97 Å². The first-order chi connectivity index (χ1) is 12.7. The van der Waals surface area contributed by atoms with Crippen LogP contribution in [0.1, 0.15) is 36.1 Å². The Morgan fingerprint density at radius 1 is 1.11 bits per heavy atom. The molecule has 0 aromatic heterocycles. The molecule has 0 saturated heterocycles. The van der Waals surface area contributed by atoms with Crippen LogP contribution in [0.4, 0.5) is 0 Å². The average molecular weight is 388 g/mol. The van der Waals surface area contributed by atoms with Crippen LogP contribution in [0, 0.1) is 13.8 Å². The van der Waals surface area contributed by atoms with E-state index in [1.54, 1.807) is 38.1 Å². The predicted molar refractivity (Wildman–Crippen MR) is 104 cm³/mol. The minimum atomic E-state index is -3.87. The van der Waals surface area contributed by atoms with Crippen LogP contribution in [0.3, 0.4) is 0 Å². The summed E-state index contributed by atoms with van der Waals surface area (Å²) in [6, 6.07) is 12.5. The highest BCUT2D eigenvalue weighted by Crippen LogP contribution is 2.40. The van der Waals surface area contributed by atoms with E-state index in [2.05, 4.69) is 0 Å². The Hall–Kier alpha value is -2.18. The van der Waals surface area contributed by atoms with Crippen LogP contribution >= 0.6 is 0 Å². The summed E-state index contributed by atoms with van der Waals surface area (Å²) in [7, 11) is -3.87. The molecule has 0 aliphatic carbocycles. The molecule has 0 fully saturated rings. The lowest BCUT2D eigenvalue weighted by molar-refractivity contribution is -0.155. The zero-order valence-electron chi connectivity index (χ0n) is 16.2. The third-order valence-corrected chi connectivity index (χ3v) is 7.15. The molecule has 2 aromatic rings. The van der Waals surface area contributed by atoms with Gasteiger partial charge in [-0.1, -0.05) is 41.5 Å². The van der Waals surface area contributed by atoms with Crippen LogP contribution in [-0.4, -0.2) is 31.8 Å². The van der Waals surface area contributed by atoms with Crippen LogP contribution in [0.25, 0.3) is 0 Å². The van der Waals surface area contributed by atoms with Crippen LogP contribution in [0.5, 0.6) is 0 Å². The molecule has 0 bridgehead atoms. The maximum atomic E-state index is 13.4. The molecule has 0 spiro atoms. The van der Waals surface area contributed by atoms with Gasteiger partial charge in [0.05, 0.1) is 11.5 Å². The van der Waals surface area contributed by atoms with Gasteiger partial charge in [0, 0.05) is 6.54 Å². The summed E-state index contributed by atoms with van der Waals surface area (Å²) in [4.78, 5) is 13.2. The maximum absolute atomic E-state index is 13.4. The molecule has 1 unspecified atom stereocenters. The van der Waals surface area contributed by atoms with Crippen molar-refractivity contribution in [1.82, 2.24) is 4.31 Å². The second kappa shape index (κ2) is 7.09. The molecular formula is C21H25NO4S. The molecule has 27 heavy (non-hydrogen) atoms. The van der Waals surface area contributed by atoms with Crippen molar-refractivity contribution in [3.05, 3.63) is 64.7 Å². The molecule has 1 aliphatic heterocycles. The van der Waals surface area contributed by atoms with Crippen LogP contribution in [0.2, 0.25) is 0 Å². The number of aryl methyl sites for hydroxylation is 2. The molecule has 0 radical (unpaired) electrons. The second-order valence-corrected chi connectivity index (χ2v) is 8.96. The van der Waals surface area contributed by atoms with E-state index in [9.17, 15) is 13.2 Å². The lowest BCUT2D eigenvalue weighted by Gasteiger charge is -2.42. The molecular weight excluding hydrogens is 362 g/mol. The normalized spacial score (nSPS) is 20.1. The van der Waals surface area contributed by atoms with Crippen molar-refractivity contribution in [2.24, 2.45) is 0 Å². The summed E-state index contributed by atoms with van der Waals surface area (Å²) in [5.41, 5.74) is 2.33. The van der Waals surface area contributed by atoms with Gasteiger partial charge in [0.15, 0.2) is 5.54 Å². The van der Waals surface area contributed by atoms with E-state index in [0.29, 0.717) is 12.0 Å². The Balaban J connectivity index is 2.18. The number of rotatable bonds is 4. The van der Waals surface area contributed by atoms with Gasteiger partial charge in [0.1, 0.15) is 0 Å². The minimum absolute atomic E-state index is 0.180. The first kappa shape index (κ1) is 19.6. The zero-order valence-corrected chi connectivity index (χ0v) is 17.0. The van der Waals surface area contributed by atoms with Crippen molar-refractivity contribution in [3.8, 4) is 0 Å². The van der Waals surface area contributed by atoms with Gasteiger partial charge in [0.2, 0.25) is 10.0 Å². The van der Waals surface area contributed by atoms with E-state index in [0.717, 1.165) is 16.7 Å². The third kappa shape index (κ3) is 3.28. The fraction of sp³-hybridized carbons (Fsp3) is 0.381. The molecule has 0 saturated carbocycles.